The van der Waals surface area contributed by atoms with Crippen molar-refractivity contribution in [1.29, 1.82) is 0 Å². The molecule has 0 bridgehead atoms. The van der Waals surface area contributed by atoms with Crippen molar-refractivity contribution in [3.8, 4) is 0 Å². The first-order chi connectivity index (χ1) is 7.91. The van der Waals surface area contributed by atoms with E-state index < -0.39 is 10.2 Å². The Morgan fingerprint density at radius 1 is 1.29 bits per heavy atom. The average molecular weight is 263 g/mol. The van der Waals surface area contributed by atoms with Gasteiger partial charge in [-0.15, -0.1) is 0 Å². The van der Waals surface area contributed by atoms with Gasteiger partial charge in [0.15, 0.2) is 0 Å². The molecule has 2 atom stereocenters. The Labute approximate surface area is 105 Å². The summed E-state index contributed by atoms with van der Waals surface area (Å²) >= 11 is 0. The molecular formula is C11H25N3O2S. The monoisotopic (exact) mass is 263 g/mol. The van der Waals surface area contributed by atoms with Crippen LogP contribution in [0.1, 0.15) is 39.5 Å². The molecule has 2 N–H and O–H groups in total. The van der Waals surface area contributed by atoms with E-state index >= 15 is 0 Å². The Hall–Kier alpha value is -0.170. The van der Waals surface area contributed by atoms with Crippen molar-refractivity contribution in [3.63, 3.8) is 0 Å². The molecule has 0 saturated carbocycles. The van der Waals surface area contributed by atoms with Crippen molar-refractivity contribution in [1.82, 2.24) is 8.61 Å². The lowest BCUT2D eigenvalue weighted by Crippen LogP contribution is -2.52. The summed E-state index contributed by atoms with van der Waals surface area (Å²) < 4.78 is 27.9. The van der Waals surface area contributed by atoms with Crippen LogP contribution in [0.5, 0.6) is 0 Å². The highest BCUT2D eigenvalue weighted by Crippen LogP contribution is 2.26. The molecule has 1 aliphatic rings. The zero-order valence-corrected chi connectivity index (χ0v) is 11.9. The van der Waals surface area contributed by atoms with Gasteiger partial charge < -0.3 is 5.73 Å². The summed E-state index contributed by atoms with van der Waals surface area (Å²) in [5.74, 6) is 0. The number of hydrogen-bond donors (Lipinski definition) is 1. The Morgan fingerprint density at radius 3 is 2.29 bits per heavy atom. The van der Waals surface area contributed by atoms with Crippen molar-refractivity contribution >= 4 is 10.2 Å². The molecular weight excluding hydrogens is 238 g/mol. The van der Waals surface area contributed by atoms with Gasteiger partial charge in [-0.05, 0) is 39.7 Å². The highest BCUT2D eigenvalue weighted by molar-refractivity contribution is 7.86. The second-order valence-corrected chi connectivity index (χ2v) is 6.87. The summed E-state index contributed by atoms with van der Waals surface area (Å²) in [5.41, 5.74) is 5.42. The molecule has 0 amide bonds. The molecule has 0 aromatic heterocycles. The standard InChI is InChI=1S/C11H25N3O2S/c1-10-6-4-7-11(2)14(10)17(15,16)13(3)9-5-8-12/h10-11H,4-9,12H2,1-3H3/t10-,11+. The van der Waals surface area contributed by atoms with Gasteiger partial charge in [-0.25, -0.2) is 0 Å². The molecule has 0 aliphatic carbocycles. The quantitative estimate of drug-likeness (QED) is 0.797. The fourth-order valence-electron chi connectivity index (χ4n) is 2.44. The molecule has 0 spiro atoms. The molecule has 1 aliphatic heterocycles. The number of nitrogens with two attached hydrogens (primary N) is 1. The van der Waals surface area contributed by atoms with Crippen molar-refractivity contribution in [2.75, 3.05) is 20.1 Å². The third-order valence-electron chi connectivity index (χ3n) is 3.45. The molecule has 0 aromatic carbocycles. The van der Waals surface area contributed by atoms with E-state index in [9.17, 15) is 8.42 Å². The van der Waals surface area contributed by atoms with Gasteiger partial charge in [-0.3, -0.25) is 0 Å². The summed E-state index contributed by atoms with van der Waals surface area (Å²) in [6, 6.07) is 0.202. The molecule has 0 aromatic rings. The van der Waals surface area contributed by atoms with Crippen LogP contribution in [0, 0.1) is 0 Å². The minimum absolute atomic E-state index is 0.101. The predicted molar refractivity (Wildman–Crippen MR) is 69.8 cm³/mol. The van der Waals surface area contributed by atoms with E-state index in [1.165, 1.54) is 4.31 Å². The molecule has 0 radical (unpaired) electrons. The van der Waals surface area contributed by atoms with Crippen LogP contribution in [0.3, 0.4) is 0 Å². The molecule has 1 fully saturated rings. The lowest BCUT2D eigenvalue weighted by molar-refractivity contribution is 0.191. The third kappa shape index (κ3) is 3.40. The lowest BCUT2D eigenvalue weighted by atomic mass is 10.0. The third-order valence-corrected chi connectivity index (χ3v) is 5.67. The molecule has 17 heavy (non-hydrogen) atoms. The topological polar surface area (TPSA) is 66.6 Å². The molecule has 6 heteroatoms. The maximum Gasteiger partial charge on any atom is 0.282 e. The van der Waals surface area contributed by atoms with Crippen LogP contribution in [0.15, 0.2) is 0 Å². The van der Waals surface area contributed by atoms with Crippen LogP contribution in [0.25, 0.3) is 0 Å². The normalized spacial score (nSPS) is 27.6. The number of rotatable bonds is 5. The molecule has 1 heterocycles. The first kappa shape index (κ1) is 14.9. The smallest absolute Gasteiger partial charge is 0.282 e. The number of nitrogens with zero attached hydrogens (tertiary/aromatic N) is 2. The fourth-order valence-corrected chi connectivity index (χ4v) is 4.24. The van der Waals surface area contributed by atoms with Gasteiger partial charge in [0.2, 0.25) is 0 Å². The Bertz CT molecular complexity index is 322. The van der Waals surface area contributed by atoms with Gasteiger partial charge in [-0.1, -0.05) is 6.42 Å². The zero-order valence-electron chi connectivity index (χ0n) is 11.1. The maximum absolute atomic E-state index is 12.4. The highest BCUT2D eigenvalue weighted by Gasteiger charge is 2.36. The molecule has 1 rings (SSSR count). The molecule has 5 nitrogen and oxygen atoms in total. The fraction of sp³-hybridized carbons (Fsp3) is 1.00. The summed E-state index contributed by atoms with van der Waals surface area (Å²) in [5, 5.41) is 0. The van der Waals surface area contributed by atoms with Crippen LogP contribution in [-0.4, -0.2) is 49.2 Å². The lowest BCUT2D eigenvalue weighted by Gasteiger charge is -2.39. The minimum Gasteiger partial charge on any atom is -0.330 e. The van der Waals surface area contributed by atoms with E-state index in [0.717, 1.165) is 19.3 Å². The summed E-state index contributed by atoms with van der Waals surface area (Å²) in [6.07, 6.45) is 3.72. The van der Waals surface area contributed by atoms with Gasteiger partial charge in [0.1, 0.15) is 0 Å². The maximum atomic E-state index is 12.4. The van der Waals surface area contributed by atoms with Crippen molar-refractivity contribution in [2.45, 2.75) is 51.6 Å². The van der Waals surface area contributed by atoms with Crippen molar-refractivity contribution in [2.24, 2.45) is 5.73 Å². The Kier molecular flexibility index (Phi) is 5.37. The van der Waals surface area contributed by atoms with E-state index in [1.807, 2.05) is 13.8 Å². The average Bonchev–Trinajstić information content (AvgIpc) is 2.25. The van der Waals surface area contributed by atoms with E-state index in [2.05, 4.69) is 0 Å². The van der Waals surface area contributed by atoms with Gasteiger partial charge in [0.25, 0.3) is 10.2 Å². The zero-order chi connectivity index (χ0) is 13.1. The SMILES string of the molecule is C[C@@H]1CCC[C@H](C)N1S(=O)(=O)N(C)CCCN. The molecule has 1 saturated heterocycles. The summed E-state index contributed by atoms with van der Waals surface area (Å²) in [4.78, 5) is 0. The van der Waals surface area contributed by atoms with Crippen LogP contribution < -0.4 is 5.73 Å². The second kappa shape index (κ2) is 6.13. The van der Waals surface area contributed by atoms with Gasteiger partial charge in [0.05, 0.1) is 0 Å². The largest absolute Gasteiger partial charge is 0.330 e. The number of piperidine rings is 1. The molecule has 102 valence electrons. The Balaban J connectivity index is 2.80. The first-order valence-electron chi connectivity index (χ1n) is 6.36. The Morgan fingerprint density at radius 2 is 1.82 bits per heavy atom. The highest BCUT2D eigenvalue weighted by atomic mass is 32.2. The first-order valence-corrected chi connectivity index (χ1v) is 7.75. The summed E-state index contributed by atoms with van der Waals surface area (Å²) in [7, 11) is -1.68. The predicted octanol–water partition coefficient (Wildman–Crippen LogP) is 0.775. The van der Waals surface area contributed by atoms with Gasteiger partial charge in [0, 0.05) is 25.7 Å². The van der Waals surface area contributed by atoms with Crippen LogP contribution in [-0.2, 0) is 10.2 Å². The van der Waals surface area contributed by atoms with Crippen molar-refractivity contribution in [3.05, 3.63) is 0 Å². The van der Waals surface area contributed by atoms with E-state index in [-0.39, 0.29) is 12.1 Å². The second-order valence-electron chi connectivity index (χ2n) is 4.93. The summed E-state index contributed by atoms with van der Waals surface area (Å²) in [6.45, 7) is 4.99. The van der Waals surface area contributed by atoms with E-state index in [4.69, 9.17) is 5.73 Å². The van der Waals surface area contributed by atoms with Gasteiger partial charge in [-0.2, -0.15) is 17.0 Å². The van der Waals surface area contributed by atoms with E-state index in [1.54, 1.807) is 11.4 Å². The number of hydrogen-bond acceptors (Lipinski definition) is 3. The minimum atomic E-state index is -3.32. The van der Waals surface area contributed by atoms with Crippen LogP contribution >= 0.6 is 0 Å². The molecule has 0 unspecified atom stereocenters. The van der Waals surface area contributed by atoms with Crippen LogP contribution in [0.2, 0.25) is 0 Å². The van der Waals surface area contributed by atoms with Crippen molar-refractivity contribution < 1.29 is 8.42 Å². The van der Waals surface area contributed by atoms with Gasteiger partial charge >= 0.3 is 0 Å². The van der Waals surface area contributed by atoms with E-state index in [0.29, 0.717) is 19.5 Å². The van der Waals surface area contributed by atoms with Crippen LogP contribution in [0.4, 0.5) is 0 Å².